The fourth-order valence-corrected chi connectivity index (χ4v) is 2.92. The average Bonchev–Trinajstić information content (AvgIpc) is 2.20. The van der Waals surface area contributed by atoms with Crippen molar-refractivity contribution in [3.05, 3.63) is 34.3 Å². The van der Waals surface area contributed by atoms with Crippen LogP contribution in [0.1, 0.15) is 33.3 Å². The quantitative estimate of drug-likeness (QED) is 0.860. The SMILES string of the molecule is CC(C)C(C(C)C)C(O)Cc1ccc(Br)cc1. The van der Waals surface area contributed by atoms with E-state index >= 15 is 0 Å². The van der Waals surface area contributed by atoms with Gasteiger partial charge in [-0.2, -0.15) is 0 Å². The molecular weight excluding hydrogens is 276 g/mol. The summed E-state index contributed by atoms with van der Waals surface area (Å²) in [5.41, 5.74) is 1.20. The molecule has 0 bridgehead atoms. The molecule has 0 fully saturated rings. The largest absolute Gasteiger partial charge is 0.392 e. The second kappa shape index (κ2) is 6.55. The maximum Gasteiger partial charge on any atom is 0.0613 e. The van der Waals surface area contributed by atoms with Gasteiger partial charge in [0.15, 0.2) is 0 Å². The van der Waals surface area contributed by atoms with Gasteiger partial charge in [0.1, 0.15) is 0 Å². The fraction of sp³-hybridized carbons (Fsp3) is 0.600. The third-order valence-corrected chi connectivity index (χ3v) is 3.87. The molecule has 1 aromatic rings. The first kappa shape index (κ1) is 14.7. The summed E-state index contributed by atoms with van der Waals surface area (Å²) in [7, 11) is 0. The van der Waals surface area contributed by atoms with Crippen molar-refractivity contribution in [3.8, 4) is 0 Å². The molecule has 1 nitrogen and oxygen atoms in total. The second-order valence-electron chi connectivity index (χ2n) is 5.46. The topological polar surface area (TPSA) is 20.2 Å². The van der Waals surface area contributed by atoms with Crippen LogP contribution in [0.15, 0.2) is 28.7 Å². The zero-order chi connectivity index (χ0) is 13.0. The van der Waals surface area contributed by atoms with Gasteiger partial charge in [0.25, 0.3) is 0 Å². The molecule has 0 spiro atoms. The summed E-state index contributed by atoms with van der Waals surface area (Å²) in [4.78, 5) is 0. The summed E-state index contributed by atoms with van der Waals surface area (Å²) < 4.78 is 1.08. The number of hydrogen-bond acceptors (Lipinski definition) is 1. The molecule has 1 unspecified atom stereocenters. The summed E-state index contributed by atoms with van der Waals surface area (Å²) in [5.74, 6) is 1.39. The second-order valence-corrected chi connectivity index (χ2v) is 6.38. The van der Waals surface area contributed by atoms with Crippen LogP contribution in [0.2, 0.25) is 0 Å². The normalized spacial score (nSPS) is 13.7. The summed E-state index contributed by atoms with van der Waals surface area (Å²) in [5, 5.41) is 10.4. The van der Waals surface area contributed by atoms with Crippen LogP contribution in [0.25, 0.3) is 0 Å². The molecule has 2 heteroatoms. The van der Waals surface area contributed by atoms with Crippen molar-refractivity contribution in [1.82, 2.24) is 0 Å². The minimum absolute atomic E-state index is 0.254. The van der Waals surface area contributed by atoms with Gasteiger partial charge < -0.3 is 5.11 Å². The highest BCUT2D eigenvalue weighted by Crippen LogP contribution is 2.26. The third kappa shape index (κ3) is 4.44. The Labute approximate surface area is 113 Å². The van der Waals surface area contributed by atoms with Crippen LogP contribution >= 0.6 is 15.9 Å². The predicted octanol–water partition coefficient (Wildman–Crippen LogP) is 4.28. The number of aliphatic hydroxyl groups is 1. The van der Waals surface area contributed by atoms with E-state index in [2.05, 4.69) is 55.8 Å². The smallest absolute Gasteiger partial charge is 0.0613 e. The molecule has 1 rings (SSSR count). The zero-order valence-electron chi connectivity index (χ0n) is 11.2. The van der Waals surface area contributed by atoms with Crippen molar-refractivity contribution in [3.63, 3.8) is 0 Å². The number of aliphatic hydroxyl groups excluding tert-OH is 1. The van der Waals surface area contributed by atoms with E-state index in [1.54, 1.807) is 0 Å². The molecule has 0 aliphatic carbocycles. The van der Waals surface area contributed by atoms with E-state index in [-0.39, 0.29) is 6.10 Å². The van der Waals surface area contributed by atoms with Gasteiger partial charge in [-0.05, 0) is 41.9 Å². The zero-order valence-corrected chi connectivity index (χ0v) is 12.7. The monoisotopic (exact) mass is 298 g/mol. The first-order valence-corrected chi connectivity index (χ1v) is 7.13. The highest BCUT2D eigenvalue weighted by molar-refractivity contribution is 9.10. The van der Waals surface area contributed by atoms with Crippen LogP contribution in [0.5, 0.6) is 0 Å². The Morgan fingerprint density at radius 3 is 1.88 bits per heavy atom. The molecule has 1 atom stereocenters. The number of hydrogen-bond donors (Lipinski definition) is 1. The van der Waals surface area contributed by atoms with Gasteiger partial charge in [0.2, 0.25) is 0 Å². The van der Waals surface area contributed by atoms with Crippen LogP contribution in [-0.4, -0.2) is 11.2 Å². The van der Waals surface area contributed by atoms with Crippen molar-refractivity contribution < 1.29 is 5.11 Å². The lowest BCUT2D eigenvalue weighted by Gasteiger charge is -2.30. The van der Waals surface area contributed by atoms with Gasteiger partial charge in [-0.25, -0.2) is 0 Å². The molecule has 0 radical (unpaired) electrons. The van der Waals surface area contributed by atoms with E-state index in [4.69, 9.17) is 0 Å². The molecule has 96 valence electrons. The third-order valence-electron chi connectivity index (χ3n) is 3.34. The van der Waals surface area contributed by atoms with Crippen LogP contribution in [0.3, 0.4) is 0 Å². The van der Waals surface area contributed by atoms with E-state index in [9.17, 15) is 5.11 Å². The van der Waals surface area contributed by atoms with Gasteiger partial charge in [-0.15, -0.1) is 0 Å². The average molecular weight is 299 g/mol. The maximum absolute atomic E-state index is 10.4. The van der Waals surface area contributed by atoms with Crippen molar-refractivity contribution in [1.29, 1.82) is 0 Å². The summed E-state index contributed by atoms with van der Waals surface area (Å²) >= 11 is 3.42. The van der Waals surface area contributed by atoms with E-state index in [1.807, 2.05) is 12.1 Å². The van der Waals surface area contributed by atoms with Crippen LogP contribution in [-0.2, 0) is 6.42 Å². The van der Waals surface area contributed by atoms with Crippen molar-refractivity contribution in [2.75, 3.05) is 0 Å². The molecule has 0 amide bonds. The van der Waals surface area contributed by atoms with Gasteiger partial charge in [0.05, 0.1) is 6.10 Å². The molecule has 0 saturated heterocycles. The number of rotatable bonds is 5. The summed E-state index contributed by atoms with van der Waals surface area (Å²) in [6.07, 6.45) is 0.491. The van der Waals surface area contributed by atoms with E-state index in [1.165, 1.54) is 5.56 Å². The molecule has 0 saturated carbocycles. The minimum Gasteiger partial charge on any atom is -0.392 e. The molecule has 0 aliphatic rings. The molecule has 0 heterocycles. The lowest BCUT2D eigenvalue weighted by molar-refractivity contribution is 0.0536. The molecule has 0 aromatic heterocycles. The molecule has 0 aliphatic heterocycles. The van der Waals surface area contributed by atoms with Crippen LogP contribution < -0.4 is 0 Å². The Balaban J connectivity index is 2.69. The van der Waals surface area contributed by atoms with Gasteiger partial charge in [0, 0.05) is 4.47 Å². The Morgan fingerprint density at radius 2 is 1.47 bits per heavy atom. The standard InChI is InChI=1S/C15H23BrO/c1-10(2)15(11(3)4)14(17)9-12-5-7-13(16)8-6-12/h5-8,10-11,14-15,17H,9H2,1-4H3. The van der Waals surface area contributed by atoms with Gasteiger partial charge in [-0.1, -0.05) is 55.8 Å². The number of benzene rings is 1. The summed E-state index contributed by atoms with van der Waals surface area (Å²) in [6.45, 7) is 8.76. The molecule has 1 N–H and O–H groups in total. The van der Waals surface area contributed by atoms with E-state index < -0.39 is 0 Å². The van der Waals surface area contributed by atoms with Gasteiger partial charge in [-0.3, -0.25) is 0 Å². The Hall–Kier alpha value is -0.340. The first-order valence-electron chi connectivity index (χ1n) is 6.34. The highest BCUT2D eigenvalue weighted by Gasteiger charge is 2.25. The van der Waals surface area contributed by atoms with Gasteiger partial charge >= 0.3 is 0 Å². The van der Waals surface area contributed by atoms with E-state index in [0.717, 1.165) is 10.9 Å². The fourth-order valence-electron chi connectivity index (χ4n) is 2.66. The Morgan fingerprint density at radius 1 is 1.00 bits per heavy atom. The molecule has 1 aromatic carbocycles. The molecular formula is C15H23BrO. The first-order chi connectivity index (χ1) is 7.91. The van der Waals surface area contributed by atoms with E-state index in [0.29, 0.717) is 17.8 Å². The van der Waals surface area contributed by atoms with Crippen molar-refractivity contribution in [2.24, 2.45) is 17.8 Å². The van der Waals surface area contributed by atoms with Crippen molar-refractivity contribution in [2.45, 2.75) is 40.2 Å². The van der Waals surface area contributed by atoms with Crippen LogP contribution in [0.4, 0.5) is 0 Å². The highest BCUT2D eigenvalue weighted by atomic mass is 79.9. The van der Waals surface area contributed by atoms with Crippen LogP contribution in [0, 0.1) is 17.8 Å². The minimum atomic E-state index is -0.254. The predicted molar refractivity (Wildman–Crippen MR) is 77.0 cm³/mol. The lowest BCUT2D eigenvalue weighted by atomic mass is 9.79. The maximum atomic E-state index is 10.4. The summed E-state index contributed by atoms with van der Waals surface area (Å²) in [6, 6.07) is 8.21. The molecule has 17 heavy (non-hydrogen) atoms. The number of halogens is 1. The Kier molecular flexibility index (Phi) is 5.68. The Bertz CT molecular complexity index is 321. The lowest BCUT2D eigenvalue weighted by Crippen LogP contribution is -2.31. The van der Waals surface area contributed by atoms with Crippen molar-refractivity contribution >= 4 is 15.9 Å².